The van der Waals surface area contributed by atoms with Gasteiger partial charge in [-0.3, -0.25) is 9.69 Å². The second-order valence-electron chi connectivity index (χ2n) is 6.60. The Morgan fingerprint density at radius 1 is 1.25 bits per heavy atom. The first-order chi connectivity index (χ1) is 11.7. The maximum Gasteiger partial charge on any atom is 0.237 e. The molecular weight excluding hydrogens is 306 g/mol. The zero-order chi connectivity index (χ0) is 16.9. The highest BCUT2D eigenvalue weighted by Gasteiger charge is 2.28. The molecule has 2 saturated heterocycles. The van der Waals surface area contributed by atoms with E-state index < -0.39 is 0 Å². The number of methoxy groups -OCH3 is 2. The molecule has 2 atom stereocenters. The van der Waals surface area contributed by atoms with Crippen molar-refractivity contribution >= 4 is 5.91 Å². The van der Waals surface area contributed by atoms with Crippen LogP contribution < -0.4 is 20.1 Å². The van der Waals surface area contributed by atoms with Crippen molar-refractivity contribution in [2.24, 2.45) is 0 Å². The van der Waals surface area contributed by atoms with E-state index in [2.05, 4.69) is 15.5 Å². The molecule has 0 aromatic heterocycles. The molecule has 0 bridgehead atoms. The van der Waals surface area contributed by atoms with Crippen molar-refractivity contribution in [1.29, 1.82) is 0 Å². The Morgan fingerprint density at radius 3 is 2.62 bits per heavy atom. The van der Waals surface area contributed by atoms with Gasteiger partial charge in [-0.1, -0.05) is 0 Å². The van der Waals surface area contributed by atoms with Gasteiger partial charge in [0, 0.05) is 31.7 Å². The van der Waals surface area contributed by atoms with Crippen molar-refractivity contribution < 1.29 is 14.3 Å². The topological polar surface area (TPSA) is 62.8 Å². The summed E-state index contributed by atoms with van der Waals surface area (Å²) in [7, 11) is 3.33. The van der Waals surface area contributed by atoms with Crippen LogP contribution in [0.5, 0.6) is 11.5 Å². The smallest absolute Gasteiger partial charge is 0.237 e. The highest BCUT2D eigenvalue weighted by molar-refractivity contribution is 5.82. The van der Waals surface area contributed by atoms with Crippen molar-refractivity contribution in [2.45, 2.75) is 37.9 Å². The van der Waals surface area contributed by atoms with Crippen LogP contribution >= 0.6 is 0 Å². The van der Waals surface area contributed by atoms with E-state index in [0.717, 1.165) is 62.5 Å². The number of carbonyl (C=O) groups is 1. The summed E-state index contributed by atoms with van der Waals surface area (Å²) in [5.41, 5.74) is 1.16. The first-order valence-corrected chi connectivity index (χ1v) is 8.66. The van der Waals surface area contributed by atoms with Crippen LogP contribution in [0, 0.1) is 0 Å². The first-order valence-electron chi connectivity index (χ1n) is 8.66. The SMILES string of the molecule is COc1cc(CN2CCC(NC(=O)[C@@H]3CCCN3)C2)cc(OC)c1. The molecule has 0 saturated carbocycles. The highest BCUT2D eigenvalue weighted by Crippen LogP contribution is 2.24. The fourth-order valence-electron chi connectivity index (χ4n) is 3.52. The van der Waals surface area contributed by atoms with Gasteiger partial charge in [-0.15, -0.1) is 0 Å². The summed E-state index contributed by atoms with van der Waals surface area (Å²) >= 11 is 0. The largest absolute Gasteiger partial charge is 0.497 e. The monoisotopic (exact) mass is 333 g/mol. The second kappa shape index (κ2) is 7.85. The van der Waals surface area contributed by atoms with Gasteiger partial charge in [0.15, 0.2) is 0 Å². The second-order valence-corrected chi connectivity index (χ2v) is 6.60. The van der Waals surface area contributed by atoms with E-state index in [1.807, 2.05) is 18.2 Å². The number of likely N-dealkylation sites (tertiary alicyclic amines) is 1. The zero-order valence-corrected chi connectivity index (χ0v) is 14.5. The molecule has 0 aliphatic carbocycles. The van der Waals surface area contributed by atoms with Crippen LogP contribution in [0.15, 0.2) is 18.2 Å². The lowest BCUT2D eigenvalue weighted by Gasteiger charge is -2.19. The predicted molar refractivity (Wildman–Crippen MR) is 92.4 cm³/mol. The van der Waals surface area contributed by atoms with Crippen molar-refractivity contribution in [2.75, 3.05) is 33.9 Å². The Bertz CT molecular complexity index is 550. The Labute approximate surface area is 143 Å². The van der Waals surface area contributed by atoms with Crippen molar-refractivity contribution in [3.05, 3.63) is 23.8 Å². The van der Waals surface area contributed by atoms with E-state index in [9.17, 15) is 4.79 Å². The molecule has 2 N–H and O–H groups in total. The molecule has 0 spiro atoms. The van der Waals surface area contributed by atoms with Crippen molar-refractivity contribution in [3.8, 4) is 11.5 Å². The summed E-state index contributed by atoms with van der Waals surface area (Å²) in [6.45, 7) is 3.66. The molecule has 2 fully saturated rings. The Balaban J connectivity index is 1.53. The number of amides is 1. The number of nitrogens with one attached hydrogen (secondary N) is 2. The van der Waals surface area contributed by atoms with Crippen LogP contribution in [0.3, 0.4) is 0 Å². The van der Waals surface area contributed by atoms with E-state index in [-0.39, 0.29) is 18.0 Å². The standard InChI is InChI=1S/C18H27N3O3/c1-23-15-8-13(9-16(10-15)24-2)11-21-7-5-14(12-21)20-18(22)17-4-3-6-19-17/h8-10,14,17,19H,3-7,11-12H2,1-2H3,(H,20,22)/t14?,17-/m0/s1. The molecule has 2 heterocycles. The minimum absolute atomic E-state index is 0.00157. The number of rotatable bonds is 6. The van der Waals surface area contributed by atoms with Gasteiger partial charge in [0.2, 0.25) is 5.91 Å². The van der Waals surface area contributed by atoms with E-state index in [1.54, 1.807) is 14.2 Å². The predicted octanol–water partition coefficient (Wildman–Crippen LogP) is 1.15. The molecule has 2 aliphatic rings. The third-order valence-electron chi connectivity index (χ3n) is 4.81. The number of hydrogen-bond donors (Lipinski definition) is 2. The van der Waals surface area contributed by atoms with Gasteiger partial charge < -0.3 is 20.1 Å². The van der Waals surface area contributed by atoms with Crippen LogP contribution in [-0.2, 0) is 11.3 Å². The Hall–Kier alpha value is -1.79. The fraction of sp³-hybridized carbons (Fsp3) is 0.611. The van der Waals surface area contributed by atoms with Gasteiger partial charge >= 0.3 is 0 Å². The quantitative estimate of drug-likeness (QED) is 0.818. The van der Waals surface area contributed by atoms with Gasteiger partial charge in [0.05, 0.1) is 20.3 Å². The third kappa shape index (κ3) is 4.19. The van der Waals surface area contributed by atoms with Gasteiger partial charge in [-0.05, 0) is 43.5 Å². The molecule has 24 heavy (non-hydrogen) atoms. The molecule has 1 amide bonds. The number of hydrogen-bond acceptors (Lipinski definition) is 5. The molecule has 132 valence electrons. The Kier molecular flexibility index (Phi) is 5.58. The Morgan fingerprint density at radius 2 is 2.00 bits per heavy atom. The average molecular weight is 333 g/mol. The highest BCUT2D eigenvalue weighted by atomic mass is 16.5. The zero-order valence-electron chi connectivity index (χ0n) is 14.5. The number of nitrogens with zero attached hydrogens (tertiary/aromatic N) is 1. The van der Waals surface area contributed by atoms with Gasteiger partial charge in [0.1, 0.15) is 11.5 Å². The number of benzene rings is 1. The van der Waals surface area contributed by atoms with Crippen LogP contribution in [0.2, 0.25) is 0 Å². The molecular formula is C18H27N3O3. The van der Waals surface area contributed by atoms with Crippen LogP contribution in [-0.4, -0.2) is 56.7 Å². The normalized spacial score (nSPS) is 24.1. The van der Waals surface area contributed by atoms with Crippen LogP contribution in [0.4, 0.5) is 0 Å². The summed E-state index contributed by atoms with van der Waals surface area (Å²) in [5.74, 6) is 1.77. The molecule has 1 unspecified atom stereocenters. The summed E-state index contributed by atoms with van der Waals surface area (Å²) in [4.78, 5) is 14.6. The lowest BCUT2D eigenvalue weighted by atomic mass is 10.2. The summed E-state index contributed by atoms with van der Waals surface area (Å²) in [6.07, 6.45) is 3.04. The van der Waals surface area contributed by atoms with Crippen LogP contribution in [0.1, 0.15) is 24.8 Å². The summed E-state index contributed by atoms with van der Waals surface area (Å²) in [6, 6.07) is 6.20. The fourth-order valence-corrected chi connectivity index (χ4v) is 3.52. The molecule has 2 aliphatic heterocycles. The number of ether oxygens (including phenoxy) is 2. The van der Waals surface area contributed by atoms with Gasteiger partial charge in [-0.2, -0.15) is 0 Å². The molecule has 6 heteroatoms. The number of carbonyl (C=O) groups excluding carboxylic acids is 1. The molecule has 3 rings (SSSR count). The minimum Gasteiger partial charge on any atom is -0.497 e. The average Bonchev–Trinajstić information content (AvgIpc) is 3.26. The van der Waals surface area contributed by atoms with E-state index >= 15 is 0 Å². The maximum absolute atomic E-state index is 12.2. The van der Waals surface area contributed by atoms with E-state index in [4.69, 9.17) is 9.47 Å². The molecule has 1 aromatic carbocycles. The molecule has 0 radical (unpaired) electrons. The van der Waals surface area contributed by atoms with E-state index in [0.29, 0.717) is 0 Å². The summed E-state index contributed by atoms with van der Waals surface area (Å²) in [5, 5.41) is 6.44. The first kappa shape index (κ1) is 17.0. The van der Waals surface area contributed by atoms with Crippen molar-refractivity contribution in [1.82, 2.24) is 15.5 Å². The van der Waals surface area contributed by atoms with E-state index in [1.165, 1.54) is 0 Å². The lowest BCUT2D eigenvalue weighted by Crippen LogP contribution is -2.46. The van der Waals surface area contributed by atoms with Crippen LogP contribution in [0.25, 0.3) is 0 Å². The lowest BCUT2D eigenvalue weighted by molar-refractivity contribution is -0.123. The molecule has 1 aromatic rings. The summed E-state index contributed by atoms with van der Waals surface area (Å²) < 4.78 is 10.7. The maximum atomic E-state index is 12.2. The van der Waals surface area contributed by atoms with Crippen molar-refractivity contribution in [3.63, 3.8) is 0 Å². The third-order valence-corrected chi connectivity index (χ3v) is 4.81. The molecule has 6 nitrogen and oxygen atoms in total. The van der Waals surface area contributed by atoms with Gasteiger partial charge in [-0.25, -0.2) is 0 Å². The minimum atomic E-state index is 0.00157. The van der Waals surface area contributed by atoms with Gasteiger partial charge in [0.25, 0.3) is 0 Å².